The Hall–Kier alpha value is -0.370. The van der Waals surface area contributed by atoms with E-state index in [9.17, 15) is 4.79 Å². The highest BCUT2D eigenvalue weighted by Crippen LogP contribution is 1.78. The van der Waals surface area contributed by atoms with Crippen molar-refractivity contribution in [2.75, 3.05) is 6.54 Å². The summed E-state index contributed by atoms with van der Waals surface area (Å²) in [6.07, 6.45) is 3.30. The third-order valence-corrected chi connectivity index (χ3v) is 0.830. The summed E-state index contributed by atoms with van der Waals surface area (Å²) in [5, 5.41) is 0. The van der Waals surface area contributed by atoms with Gasteiger partial charge in [-0.2, -0.15) is 0 Å². The predicted octanol–water partition coefficient (Wildman–Crippen LogP) is 1.59. The molecule has 0 aliphatic rings. The van der Waals surface area contributed by atoms with Gasteiger partial charge in [-0.05, 0) is 13.0 Å². The maximum Gasteiger partial charge on any atom is 0.122 e. The first kappa shape index (κ1) is 12.3. The van der Waals surface area contributed by atoms with E-state index in [2.05, 4.69) is 6.92 Å². The van der Waals surface area contributed by atoms with Crippen LogP contribution >= 0.6 is 0 Å². The van der Waals surface area contributed by atoms with E-state index in [1.54, 1.807) is 0 Å². The first-order valence-electron chi connectivity index (χ1n) is 3.84. The molecule has 0 aliphatic carbocycles. The fourth-order valence-corrected chi connectivity index (χ4v) is 0.204. The molecule has 0 saturated carbocycles. The molecule has 0 aromatic rings. The van der Waals surface area contributed by atoms with Gasteiger partial charge in [0.2, 0.25) is 0 Å². The van der Waals surface area contributed by atoms with Gasteiger partial charge < -0.3 is 10.5 Å². The molecule has 0 unspecified atom stereocenters. The van der Waals surface area contributed by atoms with Gasteiger partial charge in [-0.25, -0.2) is 0 Å². The highest BCUT2D eigenvalue weighted by Gasteiger charge is 1.79. The van der Waals surface area contributed by atoms with Crippen LogP contribution in [-0.4, -0.2) is 12.8 Å². The predicted molar refractivity (Wildman–Crippen MR) is 44.9 cm³/mol. The second-order valence-electron chi connectivity index (χ2n) is 2.52. The zero-order chi connectivity index (χ0) is 8.41. The van der Waals surface area contributed by atoms with Crippen LogP contribution in [-0.2, 0) is 4.79 Å². The summed E-state index contributed by atoms with van der Waals surface area (Å²) >= 11 is 0. The molecule has 2 nitrogen and oxygen atoms in total. The zero-order valence-corrected chi connectivity index (χ0v) is 7.26. The topological polar surface area (TPSA) is 43.1 Å². The summed E-state index contributed by atoms with van der Waals surface area (Å²) in [6.45, 7) is 6.68. The average molecular weight is 145 g/mol. The third kappa shape index (κ3) is 25.5. The molecule has 0 aromatic carbocycles. The minimum absolute atomic E-state index is 0.204. The highest BCUT2D eigenvalue weighted by molar-refractivity contribution is 5.51. The normalized spacial score (nSPS) is 8.50. The molecule has 0 aliphatic heterocycles. The maximum atomic E-state index is 9.50. The fraction of sp³-hybridized carbons (Fsp3) is 0.875. The van der Waals surface area contributed by atoms with Gasteiger partial charge in [0.15, 0.2) is 0 Å². The van der Waals surface area contributed by atoms with Gasteiger partial charge in [0.25, 0.3) is 0 Å². The molecule has 0 bridgehead atoms. The zero-order valence-electron chi connectivity index (χ0n) is 7.26. The lowest BCUT2D eigenvalue weighted by molar-refractivity contribution is -0.110. The van der Waals surface area contributed by atoms with E-state index in [0.717, 1.165) is 12.8 Å². The van der Waals surface area contributed by atoms with Crippen molar-refractivity contribution >= 4 is 6.29 Å². The molecule has 0 atom stereocenters. The molecule has 0 aromatic heterocycles. The van der Waals surface area contributed by atoms with Gasteiger partial charge in [-0.3, -0.25) is 0 Å². The molecule has 0 amide bonds. The van der Waals surface area contributed by atoms with Gasteiger partial charge in [0.05, 0.1) is 0 Å². The number of aldehydes is 1. The Balaban J connectivity index is 0. The maximum absolute atomic E-state index is 9.50. The number of hydrogen-bond acceptors (Lipinski definition) is 2. The lowest BCUT2D eigenvalue weighted by Gasteiger charge is -1.80. The molecule has 2 heteroatoms. The summed E-state index contributed by atoms with van der Waals surface area (Å²) in [4.78, 5) is 9.50. The smallest absolute Gasteiger partial charge is 0.122 e. The van der Waals surface area contributed by atoms with E-state index < -0.39 is 0 Å². The first-order valence-corrected chi connectivity index (χ1v) is 3.84. The van der Waals surface area contributed by atoms with E-state index in [1.165, 1.54) is 12.8 Å². The monoisotopic (exact) mass is 145 g/mol. The number of hydrogen-bond donors (Lipinski definition) is 1. The minimum atomic E-state index is 0.204. The van der Waals surface area contributed by atoms with Crippen LogP contribution in [0.1, 0.15) is 33.6 Å². The Bertz CT molecular complexity index is 60.3. The number of nitrogens with two attached hydrogens (primary N) is 1. The number of rotatable bonds is 3. The number of carbonyl (C=O) groups is 1. The van der Waals surface area contributed by atoms with E-state index in [1.807, 2.05) is 13.8 Å². The van der Waals surface area contributed by atoms with Crippen LogP contribution in [0.3, 0.4) is 0 Å². The summed E-state index contributed by atoms with van der Waals surface area (Å²) in [6, 6.07) is 0. The molecule has 62 valence electrons. The lowest BCUT2D eigenvalue weighted by Crippen LogP contribution is -1.95. The third-order valence-electron chi connectivity index (χ3n) is 0.830. The average Bonchev–Trinajstić information content (AvgIpc) is 1.91. The minimum Gasteiger partial charge on any atom is -0.330 e. The molecule has 0 radical (unpaired) electrons. The summed E-state index contributed by atoms with van der Waals surface area (Å²) in [7, 11) is 0. The van der Waals surface area contributed by atoms with Gasteiger partial charge in [0.1, 0.15) is 6.29 Å². The van der Waals surface area contributed by atoms with Crippen molar-refractivity contribution in [3.8, 4) is 0 Å². The fourth-order valence-electron chi connectivity index (χ4n) is 0.204. The van der Waals surface area contributed by atoms with Crippen molar-refractivity contribution in [2.24, 2.45) is 11.7 Å². The van der Waals surface area contributed by atoms with Crippen LogP contribution in [0.15, 0.2) is 0 Å². The van der Waals surface area contributed by atoms with Gasteiger partial charge in [0, 0.05) is 5.92 Å². The summed E-state index contributed by atoms with van der Waals surface area (Å²) in [5.74, 6) is 0.204. The Morgan fingerprint density at radius 1 is 1.50 bits per heavy atom. The first-order chi connectivity index (χ1) is 4.68. The molecular weight excluding hydrogens is 126 g/mol. The van der Waals surface area contributed by atoms with Crippen molar-refractivity contribution in [3.05, 3.63) is 0 Å². The van der Waals surface area contributed by atoms with E-state index in [-0.39, 0.29) is 5.92 Å². The largest absolute Gasteiger partial charge is 0.330 e. The molecule has 0 rings (SSSR count). The van der Waals surface area contributed by atoms with Crippen molar-refractivity contribution in [1.29, 1.82) is 0 Å². The second-order valence-corrected chi connectivity index (χ2v) is 2.52. The quantitative estimate of drug-likeness (QED) is 0.613. The Morgan fingerprint density at radius 2 is 1.90 bits per heavy atom. The molecule has 0 saturated heterocycles. The van der Waals surface area contributed by atoms with Crippen molar-refractivity contribution in [2.45, 2.75) is 33.6 Å². The molecule has 0 fully saturated rings. The van der Waals surface area contributed by atoms with Crippen LogP contribution in [0, 0.1) is 5.92 Å². The van der Waals surface area contributed by atoms with Crippen molar-refractivity contribution in [3.63, 3.8) is 0 Å². The summed E-state index contributed by atoms with van der Waals surface area (Å²) < 4.78 is 0. The standard InChI is InChI=1S/C4H11N.C4H8O/c1-2-3-4-5;1-4(2)3-5/h2-5H2,1H3;3-4H,1-2H3. The number of carbonyl (C=O) groups excluding carboxylic acids is 1. The Morgan fingerprint density at radius 3 is 1.90 bits per heavy atom. The SMILES string of the molecule is CC(C)C=O.CCCCN. The Kier molecular flexibility index (Phi) is 14.1. The van der Waals surface area contributed by atoms with Gasteiger partial charge in [-0.15, -0.1) is 0 Å². The number of unbranched alkanes of at least 4 members (excludes halogenated alkanes) is 1. The van der Waals surface area contributed by atoms with Crippen molar-refractivity contribution in [1.82, 2.24) is 0 Å². The summed E-state index contributed by atoms with van der Waals surface area (Å²) in [5.41, 5.74) is 5.14. The van der Waals surface area contributed by atoms with Crippen LogP contribution in [0.5, 0.6) is 0 Å². The van der Waals surface area contributed by atoms with E-state index in [0.29, 0.717) is 0 Å². The molecule has 0 spiro atoms. The molecule has 0 heterocycles. The van der Waals surface area contributed by atoms with Gasteiger partial charge in [-0.1, -0.05) is 27.2 Å². The van der Waals surface area contributed by atoms with Crippen LogP contribution in [0.2, 0.25) is 0 Å². The van der Waals surface area contributed by atoms with E-state index in [4.69, 9.17) is 5.73 Å². The van der Waals surface area contributed by atoms with Crippen LogP contribution < -0.4 is 5.73 Å². The molecule has 2 N–H and O–H groups in total. The lowest BCUT2D eigenvalue weighted by atomic mass is 10.3. The van der Waals surface area contributed by atoms with Crippen LogP contribution in [0.25, 0.3) is 0 Å². The Labute approximate surface area is 63.8 Å². The van der Waals surface area contributed by atoms with E-state index >= 15 is 0 Å². The van der Waals surface area contributed by atoms with Crippen LogP contribution in [0.4, 0.5) is 0 Å². The van der Waals surface area contributed by atoms with Gasteiger partial charge >= 0.3 is 0 Å². The highest BCUT2D eigenvalue weighted by atomic mass is 16.1. The molecular formula is C8H19NO. The second kappa shape index (κ2) is 11.4. The van der Waals surface area contributed by atoms with Crippen molar-refractivity contribution < 1.29 is 4.79 Å². The molecule has 10 heavy (non-hydrogen) atoms.